The van der Waals surface area contributed by atoms with Crippen molar-refractivity contribution in [2.24, 2.45) is 0 Å². The molecule has 458 valence electrons. The summed E-state index contributed by atoms with van der Waals surface area (Å²) in [6, 6.07) is 0. The molecule has 0 rings (SSSR count). The largest absolute Gasteiger partial charge is 0.462 e. The van der Waals surface area contributed by atoms with Gasteiger partial charge in [0.25, 0.3) is 0 Å². The van der Waals surface area contributed by atoms with E-state index in [1.807, 2.05) is 0 Å². The van der Waals surface area contributed by atoms with Crippen LogP contribution in [0.3, 0.4) is 0 Å². The minimum Gasteiger partial charge on any atom is -0.462 e. The molecule has 0 bridgehead atoms. The zero-order valence-electron chi connectivity index (χ0n) is 52.8. The van der Waals surface area contributed by atoms with Crippen LogP contribution in [-0.2, 0) is 28.6 Å². The van der Waals surface area contributed by atoms with Gasteiger partial charge in [-0.2, -0.15) is 0 Å². The summed E-state index contributed by atoms with van der Waals surface area (Å²) in [7, 11) is 0. The molecule has 0 aromatic carbocycles. The number of carbonyl (C=O) groups excluding carboxylic acids is 3. The molecule has 0 aromatic rings. The lowest BCUT2D eigenvalue weighted by Gasteiger charge is -2.18. The van der Waals surface area contributed by atoms with Gasteiger partial charge in [0, 0.05) is 19.3 Å². The zero-order chi connectivity index (χ0) is 55.7. The van der Waals surface area contributed by atoms with E-state index >= 15 is 0 Å². The normalized spacial score (nSPS) is 11.9. The van der Waals surface area contributed by atoms with Gasteiger partial charge in [-0.1, -0.05) is 380 Å². The average Bonchev–Trinajstić information content (AvgIpc) is 3.43. The molecule has 0 N–H and O–H groups in total. The van der Waals surface area contributed by atoms with E-state index in [-0.39, 0.29) is 31.1 Å². The van der Waals surface area contributed by atoms with Crippen molar-refractivity contribution < 1.29 is 28.6 Å². The van der Waals surface area contributed by atoms with Gasteiger partial charge in [-0.15, -0.1) is 0 Å². The first-order valence-corrected chi connectivity index (χ1v) is 35.5. The molecule has 0 aliphatic heterocycles. The van der Waals surface area contributed by atoms with Crippen LogP contribution in [0.4, 0.5) is 0 Å². The Hall–Kier alpha value is -1.59. The fraction of sp³-hybridized carbons (Fsp3) is 0.958. The van der Waals surface area contributed by atoms with Crippen molar-refractivity contribution in [1.82, 2.24) is 0 Å². The number of unbranched alkanes of at least 4 members (excludes halogenated alkanes) is 56. The van der Waals surface area contributed by atoms with Crippen LogP contribution in [0.1, 0.15) is 419 Å². The Morgan fingerprint density at radius 2 is 0.351 bits per heavy atom. The van der Waals surface area contributed by atoms with Gasteiger partial charge < -0.3 is 14.2 Å². The maximum atomic E-state index is 12.9. The maximum Gasteiger partial charge on any atom is 0.306 e. The zero-order valence-corrected chi connectivity index (χ0v) is 52.8. The predicted molar refractivity (Wildman–Crippen MR) is 335 cm³/mol. The highest BCUT2D eigenvalue weighted by Gasteiger charge is 2.19. The highest BCUT2D eigenvalue weighted by molar-refractivity contribution is 5.71. The second kappa shape index (κ2) is 66.9. The molecule has 77 heavy (non-hydrogen) atoms. The van der Waals surface area contributed by atoms with Crippen LogP contribution in [0, 0.1) is 0 Å². The summed E-state index contributed by atoms with van der Waals surface area (Å²) in [5, 5.41) is 0. The van der Waals surface area contributed by atoms with Crippen LogP contribution in [-0.4, -0.2) is 37.2 Å². The minimum absolute atomic E-state index is 0.0611. The first kappa shape index (κ1) is 75.4. The smallest absolute Gasteiger partial charge is 0.306 e. The van der Waals surface area contributed by atoms with Crippen molar-refractivity contribution >= 4 is 17.9 Å². The van der Waals surface area contributed by atoms with Crippen LogP contribution in [0.15, 0.2) is 0 Å². The van der Waals surface area contributed by atoms with Crippen LogP contribution >= 0.6 is 0 Å². The third-order valence-electron chi connectivity index (χ3n) is 16.6. The van der Waals surface area contributed by atoms with Gasteiger partial charge in [-0.25, -0.2) is 0 Å². The third-order valence-corrected chi connectivity index (χ3v) is 16.6. The number of rotatable bonds is 67. The molecule has 0 aromatic heterocycles. The summed E-state index contributed by atoms with van der Waals surface area (Å²) in [6.07, 6.45) is 78.9. The monoisotopic (exact) mass is 1090 g/mol. The molecule has 1 unspecified atom stereocenters. The van der Waals surface area contributed by atoms with Gasteiger partial charge in [-0.05, 0) is 19.3 Å². The third kappa shape index (κ3) is 65.1. The Kier molecular flexibility index (Phi) is 65.5. The molecule has 0 radical (unpaired) electrons. The molecular formula is C71H138O6. The number of hydrogen-bond donors (Lipinski definition) is 0. The molecule has 1 atom stereocenters. The fourth-order valence-corrected chi connectivity index (χ4v) is 11.3. The lowest BCUT2D eigenvalue weighted by atomic mass is 10.0. The molecule has 0 aliphatic rings. The van der Waals surface area contributed by atoms with E-state index in [0.29, 0.717) is 19.3 Å². The molecule has 0 aliphatic carbocycles. The van der Waals surface area contributed by atoms with E-state index < -0.39 is 6.10 Å². The Morgan fingerprint density at radius 3 is 0.519 bits per heavy atom. The van der Waals surface area contributed by atoms with Crippen molar-refractivity contribution in [2.45, 2.75) is 425 Å². The summed E-state index contributed by atoms with van der Waals surface area (Å²) in [6.45, 7) is 6.70. The summed E-state index contributed by atoms with van der Waals surface area (Å²) in [5.74, 6) is -0.831. The number of ether oxygens (including phenoxy) is 3. The summed E-state index contributed by atoms with van der Waals surface area (Å²) in [4.78, 5) is 38.2. The molecule has 6 nitrogen and oxygen atoms in total. The van der Waals surface area contributed by atoms with Crippen LogP contribution in [0.2, 0.25) is 0 Å². The van der Waals surface area contributed by atoms with Gasteiger partial charge in [0.15, 0.2) is 6.10 Å². The van der Waals surface area contributed by atoms with Gasteiger partial charge in [0.05, 0.1) is 0 Å². The van der Waals surface area contributed by atoms with Gasteiger partial charge in [-0.3, -0.25) is 14.4 Å². The predicted octanol–water partition coefficient (Wildman–Crippen LogP) is 24.2. The lowest BCUT2D eigenvalue weighted by molar-refractivity contribution is -0.167. The minimum atomic E-state index is -0.761. The van der Waals surface area contributed by atoms with E-state index in [1.54, 1.807) is 0 Å². The van der Waals surface area contributed by atoms with Crippen LogP contribution in [0.5, 0.6) is 0 Å². The van der Waals surface area contributed by atoms with E-state index in [9.17, 15) is 14.4 Å². The van der Waals surface area contributed by atoms with Crippen molar-refractivity contribution in [3.05, 3.63) is 0 Å². The van der Waals surface area contributed by atoms with Gasteiger partial charge in [0.1, 0.15) is 13.2 Å². The molecular weight excluding hydrogens is 949 g/mol. The SMILES string of the molecule is CCCCCCCCCCCCCCCCCCCCCCCCCCCCCCCCCCCC(=O)OCC(COC(=O)CCCCCCCCCC)OC(=O)CCCCCCCCCCCCCCCCCCCC. The summed E-state index contributed by atoms with van der Waals surface area (Å²) in [5.41, 5.74) is 0. The number of esters is 3. The molecule has 6 heteroatoms. The highest BCUT2D eigenvalue weighted by atomic mass is 16.6. The molecule has 0 spiro atoms. The standard InChI is InChI=1S/C71H138O6/c1-4-7-10-13-16-19-21-23-25-27-29-30-31-32-33-34-35-36-37-38-39-40-41-42-43-45-46-48-50-52-55-58-61-64-70(73)76-67-68(66-75-69(72)63-60-57-54-18-15-12-9-6-3)77-71(74)65-62-59-56-53-51-49-47-44-28-26-24-22-20-17-14-11-8-5-2/h68H,4-67H2,1-3H3. The second-order valence-corrected chi connectivity index (χ2v) is 24.5. The lowest BCUT2D eigenvalue weighted by Crippen LogP contribution is -2.30. The second-order valence-electron chi connectivity index (χ2n) is 24.5. The van der Waals surface area contributed by atoms with Gasteiger partial charge >= 0.3 is 17.9 Å². The van der Waals surface area contributed by atoms with Crippen molar-refractivity contribution in [3.8, 4) is 0 Å². The first-order valence-electron chi connectivity index (χ1n) is 35.5. The molecule has 0 saturated carbocycles. The van der Waals surface area contributed by atoms with Gasteiger partial charge in [0.2, 0.25) is 0 Å². The molecule has 0 saturated heterocycles. The first-order chi connectivity index (χ1) is 38.0. The summed E-state index contributed by atoms with van der Waals surface area (Å²) < 4.78 is 16.9. The number of hydrogen-bond acceptors (Lipinski definition) is 6. The highest BCUT2D eigenvalue weighted by Crippen LogP contribution is 2.20. The van der Waals surface area contributed by atoms with Crippen molar-refractivity contribution in [1.29, 1.82) is 0 Å². The molecule has 0 fully saturated rings. The molecule has 0 heterocycles. The maximum absolute atomic E-state index is 12.9. The van der Waals surface area contributed by atoms with E-state index in [0.717, 1.165) is 57.8 Å². The van der Waals surface area contributed by atoms with Crippen LogP contribution < -0.4 is 0 Å². The quantitative estimate of drug-likeness (QED) is 0.0343. The number of carbonyl (C=O) groups is 3. The summed E-state index contributed by atoms with van der Waals surface area (Å²) >= 11 is 0. The molecule has 0 amide bonds. The van der Waals surface area contributed by atoms with Crippen molar-refractivity contribution in [3.63, 3.8) is 0 Å². The average molecular weight is 1090 g/mol. The topological polar surface area (TPSA) is 78.9 Å². The Labute approximate surface area is 482 Å². The van der Waals surface area contributed by atoms with E-state index in [4.69, 9.17) is 14.2 Å². The van der Waals surface area contributed by atoms with E-state index in [2.05, 4.69) is 20.8 Å². The van der Waals surface area contributed by atoms with E-state index in [1.165, 1.54) is 321 Å². The fourth-order valence-electron chi connectivity index (χ4n) is 11.3. The Balaban J connectivity index is 3.94. The van der Waals surface area contributed by atoms with Crippen LogP contribution in [0.25, 0.3) is 0 Å². The Bertz CT molecular complexity index is 1160. The Morgan fingerprint density at radius 1 is 0.208 bits per heavy atom. The van der Waals surface area contributed by atoms with Crippen molar-refractivity contribution in [2.75, 3.05) is 13.2 Å².